The van der Waals surface area contributed by atoms with E-state index in [0.29, 0.717) is 6.04 Å². The van der Waals surface area contributed by atoms with E-state index >= 15 is 0 Å². The summed E-state index contributed by atoms with van der Waals surface area (Å²) in [6.07, 6.45) is 3.02. The van der Waals surface area contributed by atoms with Crippen LogP contribution in [-0.4, -0.2) is 30.0 Å². The Balaban J connectivity index is 2.63. The van der Waals surface area contributed by atoms with Crippen LogP contribution in [0.15, 0.2) is 18.3 Å². The first-order valence-electron chi connectivity index (χ1n) is 5.50. The second-order valence-electron chi connectivity index (χ2n) is 3.96. The zero-order chi connectivity index (χ0) is 11.3. The summed E-state index contributed by atoms with van der Waals surface area (Å²) in [6.45, 7) is 5.35. The summed E-state index contributed by atoms with van der Waals surface area (Å²) in [6, 6.07) is 4.68. The molecule has 1 N–H and O–H groups in total. The number of rotatable bonds is 5. The summed E-state index contributed by atoms with van der Waals surface area (Å²) in [7, 11) is 4.07. The van der Waals surface area contributed by atoms with Gasteiger partial charge in [-0.1, -0.05) is 6.92 Å². The van der Waals surface area contributed by atoms with Crippen molar-refractivity contribution in [1.82, 2.24) is 9.88 Å². The van der Waals surface area contributed by atoms with Crippen molar-refractivity contribution in [3.63, 3.8) is 0 Å². The molecule has 15 heavy (non-hydrogen) atoms. The lowest BCUT2D eigenvalue weighted by molar-refractivity contribution is 0.241. The molecule has 1 rings (SSSR count). The van der Waals surface area contributed by atoms with Crippen molar-refractivity contribution >= 4 is 5.69 Å². The van der Waals surface area contributed by atoms with Crippen LogP contribution in [0.25, 0.3) is 0 Å². The topological polar surface area (TPSA) is 28.2 Å². The summed E-state index contributed by atoms with van der Waals surface area (Å²) in [5, 5.41) is 3.13. The van der Waals surface area contributed by atoms with Gasteiger partial charge in [0.15, 0.2) is 0 Å². The highest BCUT2D eigenvalue weighted by Crippen LogP contribution is 2.10. The minimum Gasteiger partial charge on any atom is -0.388 e. The van der Waals surface area contributed by atoms with Crippen LogP contribution in [0, 0.1) is 0 Å². The maximum absolute atomic E-state index is 4.36. The summed E-state index contributed by atoms with van der Waals surface area (Å²) >= 11 is 0. The Bertz CT molecular complexity index is 299. The maximum atomic E-state index is 4.36. The molecule has 0 saturated carbocycles. The predicted octanol–water partition coefficient (Wildman–Crippen LogP) is 2.35. The molecule has 0 bridgehead atoms. The number of aromatic nitrogens is 1. The lowest BCUT2D eigenvalue weighted by Crippen LogP contribution is -2.28. The number of hydrogen-bond donors (Lipinski definition) is 1. The first kappa shape index (κ1) is 12.0. The maximum Gasteiger partial charge on any atom is 0.0564 e. The summed E-state index contributed by atoms with van der Waals surface area (Å²) in [4.78, 5) is 6.68. The van der Waals surface area contributed by atoms with Crippen LogP contribution in [0.5, 0.6) is 0 Å². The standard InChI is InChI=1S/C12H21N3/c1-5-10(2)15(4)9-12-8-11(13-3)6-7-14-12/h6-8,10H,5,9H2,1-4H3,(H,13,14). The van der Waals surface area contributed by atoms with Crippen molar-refractivity contribution in [3.05, 3.63) is 24.0 Å². The van der Waals surface area contributed by atoms with Crippen LogP contribution in [-0.2, 0) is 6.54 Å². The van der Waals surface area contributed by atoms with Crippen LogP contribution in [0.4, 0.5) is 5.69 Å². The third-order valence-electron chi connectivity index (χ3n) is 2.86. The van der Waals surface area contributed by atoms with Gasteiger partial charge in [-0.15, -0.1) is 0 Å². The molecule has 0 aromatic carbocycles. The molecule has 84 valence electrons. The Morgan fingerprint density at radius 3 is 2.87 bits per heavy atom. The molecule has 1 heterocycles. The minimum absolute atomic E-state index is 0.602. The Morgan fingerprint density at radius 2 is 2.27 bits per heavy atom. The van der Waals surface area contributed by atoms with Crippen LogP contribution >= 0.6 is 0 Å². The molecule has 3 heteroatoms. The average Bonchev–Trinajstić information content (AvgIpc) is 2.28. The van der Waals surface area contributed by atoms with E-state index in [1.807, 2.05) is 19.3 Å². The minimum atomic E-state index is 0.602. The van der Waals surface area contributed by atoms with E-state index in [2.05, 4.69) is 42.2 Å². The molecule has 0 amide bonds. The Morgan fingerprint density at radius 1 is 1.53 bits per heavy atom. The molecule has 0 radical (unpaired) electrons. The van der Waals surface area contributed by atoms with Gasteiger partial charge in [0.1, 0.15) is 0 Å². The fraction of sp³-hybridized carbons (Fsp3) is 0.583. The largest absolute Gasteiger partial charge is 0.388 e. The van der Waals surface area contributed by atoms with E-state index < -0.39 is 0 Å². The molecule has 0 fully saturated rings. The number of nitrogens with one attached hydrogen (secondary N) is 1. The first-order chi connectivity index (χ1) is 7.17. The summed E-state index contributed by atoms with van der Waals surface area (Å²) in [5.74, 6) is 0. The molecule has 1 unspecified atom stereocenters. The normalized spacial score (nSPS) is 12.9. The predicted molar refractivity (Wildman–Crippen MR) is 65.0 cm³/mol. The van der Waals surface area contributed by atoms with Crippen LogP contribution in [0.1, 0.15) is 26.0 Å². The fourth-order valence-corrected chi connectivity index (χ4v) is 1.44. The number of anilines is 1. The zero-order valence-electron chi connectivity index (χ0n) is 10.1. The van der Waals surface area contributed by atoms with Crippen molar-refractivity contribution < 1.29 is 0 Å². The Labute approximate surface area is 92.5 Å². The van der Waals surface area contributed by atoms with E-state index in [1.54, 1.807) is 0 Å². The van der Waals surface area contributed by atoms with Gasteiger partial charge in [0.25, 0.3) is 0 Å². The molecular weight excluding hydrogens is 186 g/mol. The molecule has 0 aliphatic rings. The molecule has 0 saturated heterocycles. The highest BCUT2D eigenvalue weighted by Gasteiger charge is 2.07. The second kappa shape index (κ2) is 5.71. The molecule has 1 aromatic heterocycles. The molecule has 3 nitrogen and oxygen atoms in total. The highest BCUT2D eigenvalue weighted by molar-refractivity contribution is 5.42. The molecule has 1 aromatic rings. The Kier molecular flexibility index (Phi) is 4.56. The SMILES string of the molecule is CCC(C)N(C)Cc1cc(NC)ccn1. The van der Waals surface area contributed by atoms with Gasteiger partial charge >= 0.3 is 0 Å². The highest BCUT2D eigenvalue weighted by atomic mass is 15.1. The van der Waals surface area contributed by atoms with Crippen molar-refractivity contribution in [2.75, 3.05) is 19.4 Å². The lowest BCUT2D eigenvalue weighted by atomic mass is 10.2. The zero-order valence-corrected chi connectivity index (χ0v) is 10.1. The number of hydrogen-bond acceptors (Lipinski definition) is 3. The van der Waals surface area contributed by atoms with Gasteiger partial charge in [-0.05, 0) is 32.5 Å². The van der Waals surface area contributed by atoms with Crippen molar-refractivity contribution in [2.24, 2.45) is 0 Å². The smallest absolute Gasteiger partial charge is 0.0564 e. The van der Waals surface area contributed by atoms with E-state index in [-0.39, 0.29) is 0 Å². The number of nitrogens with zero attached hydrogens (tertiary/aromatic N) is 2. The molecule has 0 spiro atoms. The summed E-state index contributed by atoms with van der Waals surface area (Å²) in [5.41, 5.74) is 2.24. The molecule has 0 aliphatic heterocycles. The van der Waals surface area contributed by atoms with Gasteiger partial charge in [0.2, 0.25) is 0 Å². The van der Waals surface area contributed by atoms with Crippen molar-refractivity contribution in [2.45, 2.75) is 32.9 Å². The number of pyridine rings is 1. The van der Waals surface area contributed by atoms with Gasteiger partial charge in [-0.3, -0.25) is 9.88 Å². The fourth-order valence-electron chi connectivity index (χ4n) is 1.44. The van der Waals surface area contributed by atoms with E-state index in [4.69, 9.17) is 0 Å². The second-order valence-corrected chi connectivity index (χ2v) is 3.96. The molecule has 1 atom stereocenters. The van der Waals surface area contributed by atoms with Gasteiger partial charge in [0, 0.05) is 31.5 Å². The van der Waals surface area contributed by atoms with E-state index in [0.717, 1.165) is 17.9 Å². The van der Waals surface area contributed by atoms with Gasteiger partial charge < -0.3 is 5.32 Å². The molecular formula is C12H21N3. The van der Waals surface area contributed by atoms with E-state index in [1.165, 1.54) is 6.42 Å². The first-order valence-corrected chi connectivity index (χ1v) is 5.50. The lowest BCUT2D eigenvalue weighted by Gasteiger charge is -2.23. The third-order valence-corrected chi connectivity index (χ3v) is 2.86. The Hall–Kier alpha value is -1.09. The van der Waals surface area contributed by atoms with Gasteiger partial charge in [-0.25, -0.2) is 0 Å². The van der Waals surface area contributed by atoms with Gasteiger partial charge in [0.05, 0.1) is 5.69 Å². The summed E-state index contributed by atoms with van der Waals surface area (Å²) < 4.78 is 0. The monoisotopic (exact) mass is 207 g/mol. The average molecular weight is 207 g/mol. The van der Waals surface area contributed by atoms with Crippen LogP contribution in [0.3, 0.4) is 0 Å². The van der Waals surface area contributed by atoms with Gasteiger partial charge in [-0.2, -0.15) is 0 Å². The van der Waals surface area contributed by atoms with Crippen molar-refractivity contribution in [1.29, 1.82) is 0 Å². The van der Waals surface area contributed by atoms with E-state index in [9.17, 15) is 0 Å². The third kappa shape index (κ3) is 3.51. The quantitative estimate of drug-likeness (QED) is 0.803. The molecule has 0 aliphatic carbocycles. The van der Waals surface area contributed by atoms with Crippen LogP contribution in [0.2, 0.25) is 0 Å². The van der Waals surface area contributed by atoms with Crippen LogP contribution < -0.4 is 5.32 Å². The van der Waals surface area contributed by atoms with Crippen molar-refractivity contribution in [3.8, 4) is 0 Å².